The van der Waals surface area contributed by atoms with E-state index in [9.17, 15) is 0 Å². The molecule has 0 saturated heterocycles. The molecule has 14 valence electrons. The smallest absolute Gasteiger partial charge is 1.00 e. The fraction of sp³-hybridized carbons (Fsp3) is 0. The molecule has 0 aromatic heterocycles. The molecule has 0 aromatic rings. The van der Waals surface area contributed by atoms with E-state index in [-0.39, 0.29) is 170 Å². The molecule has 5 heavy (non-hydrogen) atoms. The second-order valence-corrected chi connectivity index (χ2v) is 0. The number of rotatable bonds is 0. The van der Waals surface area contributed by atoms with Gasteiger partial charge in [0.1, 0.15) is 0 Å². The molecule has 0 aliphatic rings. The van der Waals surface area contributed by atoms with Gasteiger partial charge in [-0.3, -0.25) is 0 Å². The summed E-state index contributed by atoms with van der Waals surface area (Å²) in [6.07, 6.45) is 0. The summed E-state index contributed by atoms with van der Waals surface area (Å²) in [5.41, 5.74) is 0. The van der Waals surface area contributed by atoms with Gasteiger partial charge in [-0.05, 0) is 0 Å². The van der Waals surface area contributed by atoms with E-state index in [2.05, 4.69) is 0 Å². The predicted octanol–water partition coefficient (Wildman–Crippen LogP) is -6.08. The molecule has 0 aliphatic heterocycles. The van der Waals surface area contributed by atoms with Crippen molar-refractivity contribution in [2.45, 2.75) is 0 Å². The fourth-order valence-electron chi connectivity index (χ4n) is 0. The Morgan fingerprint density at radius 2 is 1.00 bits per heavy atom. The van der Waals surface area contributed by atoms with Crippen molar-refractivity contribution in [2.24, 2.45) is 0 Å². The molecule has 0 nitrogen and oxygen atoms in total. The fourth-order valence-corrected chi connectivity index (χ4v) is 0. The van der Waals surface area contributed by atoms with Crippen molar-refractivity contribution in [3.05, 3.63) is 0 Å². The predicted molar refractivity (Wildman–Crippen MR) is 18.2 cm³/mol. The molecular formula is H6CaNa2SrZn. The van der Waals surface area contributed by atoms with E-state index >= 15 is 0 Å². The first-order valence-electron chi connectivity index (χ1n) is 0. The monoisotopic (exact) mass is 244 g/mol. The van der Waals surface area contributed by atoms with E-state index in [1.165, 1.54) is 0 Å². The minimum Gasteiger partial charge on any atom is -1.00 e. The van der Waals surface area contributed by atoms with Crippen molar-refractivity contribution in [1.82, 2.24) is 0 Å². The zero-order chi connectivity index (χ0) is 0. The minimum absolute atomic E-state index is 0. The molecule has 5 heteroatoms. The Balaban J connectivity index is 0. The Labute approximate surface area is 165 Å². The maximum absolute atomic E-state index is 0. The maximum Gasteiger partial charge on any atom is 2.00 e. The average molecular weight is 245 g/mol. The van der Waals surface area contributed by atoms with Gasteiger partial charge in [-0.15, -0.1) is 0 Å². The van der Waals surface area contributed by atoms with Gasteiger partial charge in [0, 0.05) is 19.5 Å². The van der Waals surface area contributed by atoms with Gasteiger partial charge in [0.25, 0.3) is 0 Å². The van der Waals surface area contributed by atoms with Gasteiger partial charge in [-0.2, -0.15) is 0 Å². The van der Waals surface area contributed by atoms with Gasteiger partial charge < -0.3 is 8.56 Å². The van der Waals surface area contributed by atoms with Crippen LogP contribution in [0.5, 0.6) is 0 Å². The summed E-state index contributed by atoms with van der Waals surface area (Å²) >= 11 is 0. The van der Waals surface area contributed by atoms with Crippen LogP contribution in [0.2, 0.25) is 0 Å². The zero-order valence-electron chi connectivity index (χ0n) is 10.1. The molecule has 0 rings (SSSR count). The standard InChI is InChI=1S/Ca.2Na.Sr.Zn.6H/q+2;2*+1;+2;;6*-1. The summed E-state index contributed by atoms with van der Waals surface area (Å²) in [5.74, 6) is 0. The summed E-state index contributed by atoms with van der Waals surface area (Å²) < 4.78 is 0. The van der Waals surface area contributed by atoms with Gasteiger partial charge in [0.05, 0.1) is 0 Å². The van der Waals surface area contributed by atoms with Crippen LogP contribution < -0.4 is 59.1 Å². The third-order valence-corrected chi connectivity index (χ3v) is 0. The van der Waals surface area contributed by atoms with Crippen LogP contribution >= 0.6 is 0 Å². The molecule has 0 spiro atoms. The second-order valence-electron chi connectivity index (χ2n) is 0. The van der Waals surface area contributed by atoms with Crippen LogP contribution in [0.4, 0.5) is 0 Å². The normalized spacial score (nSPS) is 0. The molecule has 0 saturated carbocycles. The largest absolute Gasteiger partial charge is 2.00 e. The third-order valence-electron chi connectivity index (χ3n) is 0. The summed E-state index contributed by atoms with van der Waals surface area (Å²) in [5, 5.41) is 0. The second kappa shape index (κ2) is 22.8. The number of hydrogen-bond donors (Lipinski definition) is 0. The first-order chi connectivity index (χ1) is 0. The molecule has 0 heterocycles. The van der Waals surface area contributed by atoms with Gasteiger partial charge in [-0.25, -0.2) is 0 Å². The summed E-state index contributed by atoms with van der Waals surface area (Å²) in [7, 11) is 0. The van der Waals surface area contributed by atoms with Crippen molar-refractivity contribution in [2.75, 3.05) is 0 Å². The van der Waals surface area contributed by atoms with Crippen molar-refractivity contribution in [3.8, 4) is 0 Å². The Kier molecular flexibility index (Phi) is 144. The molecule has 0 unspecified atom stereocenters. The van der Waals surface area contributed by atoms with Crippen LogP contribution in [0.15, 0.2) is 0 Å². The third kappa shape index (κ3) is 17.6. The van der Waals surface area contributed by atoms with Gasteiger partial charge >= 0.3 is 142 Å². The quantitative estimate of drug-likeness (QED) is 0.373. The van der Waals surface area contributed by atoms with E-state index in [1.807, 2.05) is 0 Å². The van der Waals surface area contributed by atoms with Gasteiger partial charge in [-0.1, -0.05) is 0 Å². The molecular weight excluding hydrogens is 239 g/mol. The van der Waals surface area contributed by atoms with Gasteiger partial charge in [0.15, 0.2) is 0 Å². The molecule has 0 aromatic carbocycles. The molecule has 0 aliphatic carbocycles. The van der Waals surface area contributed by atoms with Crippen LogP contribution in [0.3, 0.4) is 0 Å². The van der Waals surface area contributed by atoms with E-state index < -0.39 is 0 Å². The molecule has 0 bridgehead atoms. The minimum atomic E-state index is 0. The number of hydrogen-bond acceptors (Lipinski definition) is 0. The Bertz CT molecular complexity index is 20.5. The molecule has 0 radical (unpaired) electrons. The summed E-state index contributed by atoms with van der Waals surface area (Å²) in [6, 6.07) is 0. The van der Waals surface area contributed by atoms with Crippen molar-refractivity contribution in [1.29, 1.82) is 0 Å². The first kappa shape index (κ1) is 31.6. The topological polar surface area (TPSA) is 0 Å². The van der Waals surface area contributed by atoms with Crippen LogP contribution in [0, 0.1) is 0 Å². The maximum atomic E-state index is 0. The van der Waals surface area contributed by atoms with E-state index in [4.69, 9.17) is 0 Å². The Hall–Kier alpha value is 5.36. The summed E-state index contributed by atoms with van der Waals surface area (Å²) in [6.45, 7) is 0. The van der Waals surface area contributed by atoms with Crippen molar-refractivity contribution >= 4 is 83.2 Å². The molecule has 0 N–H and O–H groups in total. The van der Waals surface area contributed by atoms with E-state index in [0.29, 0.717) is 0 Å². The van der Waals surface area contributed by atoms with Crippen LogP contribution in [0.1, 0.15) is 8.56 Å². The molecule has 0 atom stereocenters. The molecule has 0 fully saturated rings. The average Bonchev–Trinajstić information content (AvgIpc) is 0. The Morgan fingerprint density at radius 3 is 1.00 bits per heavy atom. The molecule has 0 amide bonds. The van der Waals surface area contributed by atoms with E-state index in [1.54, 1.807) is 0 Å². The van der Waals surface area contributed by atoms with Crippen molar-refractivity contribution in [3.63, 3.8) is 0 Å². The van der Waals surface area contributed by atoms with Crippen LogP contribution in [0.25, 0.3) is 0 Å². The SMILES string of the molecule is [Ca+2].[H-].[H-].[H-].[H-].[H-].[H-].[Na+].[Na+].[Sr+2].[Zn]. The van der Waals surface area contributed by atoms with Crippen LogP contribution in [-0.4, -0.2) is 83.2 Å². The first-order valence-corrected chi connectivity index (χ1v) is 0. The Morgan fingerprint density at radius 1 is 1.00 bits per heavy atom. The zero-order valence-corrected chi connectivity index (χ0v) is 16.8. The van der Waals surface area contributed by atoms with Crippen LogP contribution in [-0.2, 0) is 19.5 Å². The van der Waals surface area contributed by atoms with E-state index in [0.717, 1.165) is 0 Å². The van der Waals surface area contributed by atoms with Gasteiger partial charge in [0.2, 0.25) is 0 Å². The van der Waals surface area contributed by atoms with Crippen molar-refractivity contribution < 1.29 is 87.2 Å². The summed E-state index contributed by atoms with van der Waals surface area (Å²) in [4.78, 5) is 0.